The van der Waals surface area contributed by atoms with Crippen molar-refractivity contribution < 1.29 is 9.18 Å². The maximum absolute atomic E-state index is 13.6. The lowest BCUT2D eigenvalue weighted by Crippen LogP contribution is -2.32. The molecule has 0 saturated carbocycles. The van der Waals surface area contributed by atoms with Gasteiger partial charge in [-0.1, -0.05) is 13.8 Å². The average Bonchev–Trinajstić information content (AvgIpc) is 2.94. The molecule has 0 radical (unpaired) electrons. The van der Waals surface area contributed by atoms with Gasteiger partial charge in [-0.15, -0.1) is 0 Å². The number of rotatable bonds is 4. The van der Waals surface area contributed by atoms with Gasteiger partial charge in [-0.2, -0.15) is 5.10 Å². The molecule has 0 atom stereocenters. The number of pyridine rings is 1. The van der Waals surface area contributed by atoms with E-state index in [1.54, 1.807) is 16.7 Å². The van der Waals surface area contributed by atoms with Gasteiger partial charge in [0.05, 0.1) is 11.9 Å². The molecular formula is C16H15BrFN5O2. The van der Waals surface area contributed by atoms with E-state index >= 15 is 0 Å². The number of nitrogens with one attached hydrogen (secondary N) is 1. The summed E-state index contributed by atoms with van der Waals surface area (Å²) in [4.78, 5) is 28.4. The summed E-state index contributed by atoms with van der Waals surface area (Å²) in [6.07, 6.45) is 4.13. The van der Waals surface area contributed by atoms with E-state index in [4.69, 9.17) is 0 Å². The molecule has 1 N–H and O–H groups in total. The van der Waals surface area contributed by atoms with Crippen LogP contribution >= 0.6 is 15.9 Å². The van der Waals surface area contributed by atoms with Gasteiger partial charge in [-0.05, 0) is 28.1 Å². The largest absolute Gasteiger partial charge is 0.322 e. The second-order valence-electron chi connectivity index (χ2n) is 5.79. The van der Waals surface area contributed by atoms with E-state index in [0.717, 1.165) is 15.4 Å². The predicted octanol–water partition coefficient (Wildman–Crippen LogP) is 2.55. The molecule has 0 spiro atoms. The Hall–Kier alpha value is -2.55. The molecule has 25 heavy (non-hydrogen) atoms. The van der Waals surface area contributed by atoms with Gasteiger partial charge in [-0.3, -0.25) is 19.0 Å². The lowest BCUT2D eigenvalue weighted by molar-refractivity contribution is -0.117. The molecular weight excluding hydrogens is 393 g/mol. The topological polar surface area (TPSA) is 81.3 Å². The van der Waals surface area contributed by atoms with Crippen LogP contribution in [0.3, 0.4) is 0 Å². The first kappa shape index (κ1) is 17.3. The van der Waals surface area contributed by atoms with Crippen LogP contribution in [-0.4, -0.2) is 25.1 Å². The number of carbonyl (C=O) groups excluding carboxylic acids is 1. The van der Waals surface area contributed by atoms with Crippen molar-refractivity contribution in [3.8, 4) is 0 Å². The predicted molar refractivity (Wildman–Crippen MR) is 94.1 cm³/mol. The van der Waals surface area contributed by atoms with Crippen molar-refractivity contribution in [3.05, 3.63) is 57.2 Å². The molecule has 0 aliphatic rings. The minimum atomic E-state index is -0.648. The number of carbonyl (C=O) groups is 1. The van der Waals surface area contributed by atoms with Gasteiger partial charge in [0.2, 0.25) is 5.91 Å². The quantitative estimate of drug-likeness (QED) is 0.720. The number of hydrogen-bond donors (Lipinski definition) is 1. The Labute approximate surface area is 150 Å². The Kier molecular flexibility index (Phi) is 4.67. The standard InChI is InChI=1S/C16H15BrFN5O2/c1-9(2)15-21-23(16(25)13-5-10(17)7-22(13)15)8-14(24)20-12-3-4-19-6-11(12)18/h3-7,9H,8H2,1-2H3,(H,19,20,24). The summed E-state index contributed by atoms with van der Waals surface area (Å²) >= 11 is 3.35. The van der Waals surface area contributed by atoms with Crippen LogP contribution in [0.5, 0.6) is 0 Å². The number of hydrogen-bond acceptors (Lipinski definition) is 4. The molecule has 9 heteroatoms. The van der Waals surface area contributed by atoms with E-state index in [2.05, 4.69) is 31.3 Å². The third kappa shape index (κ3) is 3.46. The Morgan fingerprint density at radius 3 is 2.88 bits per heavy atom. The lowest BCUT2D eigenvalue weighted by Gasteiger charge is -2.12. The second-order valence-corrected chi connectivity index (χ2v) is 6.71. The molecule has 3 rings (SSSR count). The highest BCUT2D eigenvalue weighted by molar-refractivity contribution is 9.10. The highest BCUT2D eigenvalue weighted by Gasteiger charge is 2.16. The van der Waals surface area contributed by atoms with Gasteiger partial charge in [0.15, 0.2) is 5.82 Å². The van der Waals surface area contributed by atoms with Gasteiger partial charge in [0.1, 0.15) is 17.9 Å². The lowest BCUT2D eigenvalue weighted by atomic mass is 10.2. The smallest absolute Gasteiger partial charge is 0.291 e. The van der Waals surface area contributed by atoms with E-state index in [-0.39, 0.29) is 18.2 Å². The first-order valence-electron chi connectivity index (χ1n) is 7.55. The molecule has 0 fully saturated rings. The van der Waals surface area contributed by atoms with Crippen molar-refractivity contribution in [2.75, 3.05) is 5.32 Å². The molecule has 7 nitrogen and oxygen atoms in total. The molecule has 0 aromatic carbocycles. The molecule has 130 valence electrons. The zero-order valence-corrected chi connectivity index (χ0v) is 15.1. The third-order valence-electron chi connectivity index (χ3n) is 3.57. The molecule has 0 bridgehead atoms. The SMILES string of the molecule is CC(C)c1nn(CC(=O)Nc2ccncc2F)c(=O)c2cc(Br)cn12. The summed E-state index contributed by atoms with van der Waals surface area (Å²) in [5.74, 6) is -0.521. The first-order chi connectivity index (χ1) is 11.9. The Balaban J connectivity index is 1.96. The normalized spacial score (nSPS) is 11.2. The van der Waals surface area contributed by atoms with Crippen molar-refractivity contribution in [3.63, 3.8) is 0 Å². The summed E-state index contributed by atoms with van der Waals surface area (Å²) in [5.41, 5.74) is 0.0116. The fraction of sp³-hybridized carbons (Fsp3) is 0.250. The molecule has 3 aromatic rings. The van der Waals surface area contributed by atoms with E-state index in [9.17, 15) is 14.0 Å². The summed E-state index contributed by atoms with van der Waals surface area (Å²) < 4.78 is 17.1. The molecule has 1 amide bonds. The zero-order chi connectivity index (χ0) is 18.1. The van der Waals surface area contributed by atoms with Crippen molar-refractivity contribution >= 4 is 33.0 Å². The van der Waals surface area contributed by atoms with Crippen LogP contribution in [0.25, 0.3) is 5.52 Å². The molecule has 0 aliphatic heterocycles. The Morgan fingerprint density at radius 1 is 1.44 bits per heavy atom. The summed E-state index contributed by atoms with van der Waals surface area (Å²) in [7, 11) is 0. The van der Waals surface area contributed by atoms with Crippen LogP contribution in [-0.2, 0) is 11.3 Å². The summed E-state index contributed by atoms with van der Waals surface area (Å²) in [5, 5.41) is 6.71. The van der Waals surface area contributed by atoms with Crippen LogP contribution in [0.15, 0.2) is 40.0 Å². The van der Waals surface area contributed by atoms with E-state index in [1.807, 2.05) is 13.8 Å². The van der Waals surface area contributed by atoms with E-state index < -0.39 is 17.3 Å². The van der Waals surface area contributed by atoms with Crippen molar-refractivity contribution in [1.82, 2.24) is 19.2 Å². The maximum atomic E-state index is 13.6. The number of halogens is 2. The number of nitrogens with zero attached hydrogens (tertiary/aromatic N) is 4. The third-order valence-corrected chi connectivity index (χ3v) is 4.00. The second kappa shape index (κ2) is 6.75. The molecule has 3 heterocycles. The van der Waals surface area contributed by atoms with Gasteiger partial charge in [0, 0.05) is 22.8 Å². The zero-order valence-electron chi connectivity index (χ0n) is 13.5. The fourth-order valence-electron chi connectivity index (χ4n) is 2.44. The minimum Gasteiger partial charge on any atom is -0.322 e. The van der Waals surface area contributed by atoms with Gasteiger partial charge in [0.25, 0.3) is 5.56 Å². The molecule has 0 saturated heterocycles. The van der Waals surface area contributed by atoms with Crippen molar-refractivity contribution in [2.45, 2.75) is 26.3 Å². The monoisotopic (exact) mass is 407 g/mol. The summed E-state index contributed by atoms with van der Waals surface area (Å²) in [6, 6.07) is 3.02. The maximum Gasteiger partial charge on any atom is 0.291 e. The van der Waals surface area contributed by atoms with Crippen LogP contribution in [0, 0.1) is 5.82 Å². The van der Waals surface area contributed by atoms with Crippen LogP contribution in [0.2, 0.25) is 0 Å². The highest BCUT2D eigenvalue weighted by Crippen LogP contribution is 2.18. The van der Waals surface area contributed by atoms with Gasteiger partial charge in [-0.25, -0.2) is 9.07 Å². The van der Waals surface area contributed by atoms with Crippen LogP contribution in [0.1, 0.15) is 25.6 Å². The number of aromatic nitrogens is 4. The van der Waals surface area contributed by atoms with Crippen LogP contribution < -0.4 is 10.9 Å². The number of fused-ring (bicyclic) bond motifs is 1. The van der Waals surface area contributed by atoms with E-state index in [1.165, 1.54) is 12.3 Å². The average molecular weight is 408 g/mol. The molecule has 0 unspecified atom stereocenters. The van der Waals surface area contributed by atoms with Gasteiger partial charge >= 0.3 is 0 Å². The minimum absolute atomic E-state index is 0.00337. The summed E-state index contributed by atoms with van der Waals surface area (Å²) in [6.45, 7) is 3.56. The first-order valence-corrected chi connectivity index (χ1v) is 8.34. The molecule has 3 aromatic heterocycles. The fourth-order valence-corrected chi connectivity index (χ4v) is 2.86. The van der Waals surface area contributed by atoms with Crippen molar-refractivity contribution in [2.24, 2.45) is 0 Å². The Bertz CT molecular complexity index is 1010. The number of amides is 1. The Morgan fingerprint density at radius 2 is 2.20 bits per heavy atom. The van der Waals surface area contributed by atoms with Crippen molar-refractivity contribution in [1.29, 1.82) is 0 Å². The van der Waals surface area contributed by atoms with E-state index in [0.29, 0.717) is 11.3 Å². The van der Waals surface area contributed by atoms with Crippen LogP contribution in [0.4, 0.5) is 10.1 Å². The number of anilines is 1. The highest BCUT2D eigenvalue weighted by atomic mass is 79.9. The molecule has 0 aliphatic carbocycles. The van der Waals surface area contributed by atoms with Gasteiger partial charge < -0.3 is 5.32 Å².